The minimum absolute atomic E-state index is 0.0509. The number of carboxylic acid groups (broad SMARTS) is 1. The van der Waals surface area contributed by atoms with Gasteiger partial charge in [-0.05, 0) is 26.7 Å². The Morgan fingerprint density at radius 2 is 2.22 bits per heavy atom. The van der Waals surface area contributed by atoms with Gasteiger partial charge in [0, 0.05) is 25.5 Å². The molecular formula is C16H24N2O4S. The van der Waals surface area contributed by atoms with Crippen LogP contribution in [0.1, 0.15) is 56.3 Å². The highest BCUT2D eigenvalue weighted by atomic mass is 32.1. The molecule has 0 radical (unpaired) electrons. The summed E-state index contributed by atoms with van der Waals surface area (Å²) in [7, 11) is 1.70. The smallest absolute Gasteiger partial charge is 0.310 e. The highest BCUT2D eigenvalue weighted by Gasteiger charge is 2.46. The van der Waals surface area contributed by atoms with Gasteiger partial charge in [-0.15, -0.1) is 11.3 Å². The van der Waals surface area contributed by atoms with Gasteiger partial charge in [0.15, 0.2) is 0 Å². The molecule has 1 aromatic heterocycles. The summed E-state index contributed by atoms with van der Waals surface area (Å²) in [5, 5.41) is 12.1. The number of ether oxygens (including phenoxy) is 1. The highest BCUT2D eigenvalue weighted by Crippen LogP contribution is 2.44. The number of thiazole rings is 1. The SMILES string of the molecule is CCOC(C)c1nc(CN(C)C(=O)CC2(C(=O)O)CCC2)cs1. The Morgan fingerprint density at radius 1 is 1.52 bits per heavy atom. The summed E-state index contributed by atoms with van der Waals surface area (Å²) >= 11 is 1.52. The summed E-state index contributed by atoms with van der Waals surface area (Å²) in [6.45, 7) is 4.92. The van der Waals surface area contributed by atoms with Crippen LogP contribution >= 0.6 is 11.3 Å². The zero-order chi connectivity index (χ0) is 17.0. The number of rotatable bonds is 8. The van der Waals surface area contributed by atoms with Gasteiger partial charge in [-0.25, -0.2) is 4.98 Å². The minimum atomic E-state index is -0.855. The Balaban J connectivity index is 1.92. The van der Waals surface area contributed by atoms with E-state index in [1.807, 2.05) is 19.2 Å². The lowest BCUT2D eigenvalue weighted by atomic mass is 9.66. The van der Waals surface area contributed by atoms with Gasteiger partial charge in [-0.3, -0.25) is 9.59 Å². The second-order valence-corrected chi connectivity index (χ2v) is 7.03. The van der Waals surface area contributed by atoms with Gasteiger partial charge >= 0.3 is 5.97 Å². The average Bonchev–Trinajstić information content (AvgIpc) is 2.91. The lowest BCUT2D eigenvalue weighted by Gasteiger charge is -2.37. The normalized spacial score (nSPS) is 17.3. The lowest BCUT2D eigenvalue weighted by Crippen LogP contribution is -2.42. The average molecular weight is 340 g/mol. The molecule has 23 heavy (non-hydrogen) atoms. The first kappa shape index (κ1) is 17.9. The molecule has 0 aliphatic heterocycles. The summed E-state index contributed by atoms with van der Waals surface area (Å²) < 4.78 is 5.51. The van der Waals surface area contributed by atoms with Crippen molar-refractivity contribution in [1.82, 2.24) is 9.88 Å². The number of aliphatic carboxylic acids is 1. The van der Waals surface area contributed by atoms with E-state index in [1.165, 1.54) is 11.3 Å². The molecule has 2 rings (SSSR count). The van der Waals surface area contributed by atoms with Gasteiger partial charge in [-0.1, -0.05) is 6.42 Å². The van der Waals surface area contributed by atoms with Crippen LogP contribution in [0.4, 0.5) is 0 Å². The predicted octanol–water partition coefficient (Wildman–Crippen LogP) is 2.84. The van der Waals surface area contributed by atoms with Crippen LogP contribution < -0.4 is 0 Å². The van der Waals surface area contributed by atoms with E-state index in [0.717, 1.165) is 17.1 Å². The quantitative estimate of drug-likeness (QED) is 0.787. The zero-order valence-corrected chi connectivity index (χ0v) is 14.7. The largest absolute Gasteiger partial charge is 0.481 e. The first-order chi connectivity index (χ1) is 10.9. The Labute approximate surface area is 140 Å². The van der Waals surface area contributed by atoms with Crippen molar-refractivity contribution in [3.05, 3.63) is 16.1 Å². The van der Waals surface area contributed by atoms with Gasteiger partial charge < -0.3 is 14.7 Å². The summed E-state index contributed by atoms with van der Waals surface area (Å²) in [4.78, 5) is 29.7. The maximum absolute atomic E-state index is 12.3. The molecule has 1 amide bonds. The first-order valence-corrected chi connectivity index (χ1v) is 8.79. The third kappa shape index (κ3) is 4.09. The number of carbonyl (C=O) groups excluding carboxylic acids is 1. The van der Waals surface area contributed by atoms with Gasteiger partial charge in [0.2, 0.25) is 5.91 Å². The van der Waals surface area contributed by atoms with Crippen LogP contribution in [0, 0.1) is 5.41 Å². The molecule has 0 spiro atoms. The van der Waals surface area contributed by atoms with E-state index >= 15 is 0 Å². The van der Waals surface area contributed by atoms with Gasteiger partial charge in [0.05, 0.1) is 17.7 Å². The van der Waals surface area contributed by atoms with Crippen molar-refractivity contribution in [2.24, 2.45) is 5.41 Å². The summed E-state index contributed by atoms with van der Waals surface area (Å²) in [6, 6.07) is 0. The third-order valence-corrected chi connectivity index (χ3v) is 5.47. The fourth-order valence-corrected chi connectivity index (χ4v) is 3.54. The van der Waals surface area contributed by atoms with E-state index in [0.29, 0.717) is 26.0 Å². The van der Waals surface area contributed by atoms with Crippen LogP contribution in [0.25, 0.3) is 0 Å². The summed E-state index contributed by atoms with van der Waals surface area (Å²) in [5.41, 5.74) is -0.0346. The predicted molar refractivity (Wildman–Crippen MR) is 87.2 cm³/mol. The molecule has 7 heteroatoms. The monoisotopic (exact) mass is 340 g/mol. The van der Waals surface area contributed by atoms with E-state index in [4.69, 9.17) is 4.74 Å². The van der Waals surface area contributed by atoms with Crippen LogP contribution in [-0.4, -0.2) is 40.5 Å². The number of nitrogens with zero attached hydrogens (tertiary/aromatic N) is 2. The Kier molecular flexibility index (Phi) is 5.75. The Bertz CT molecular complexity index is 568. The fraction of sp³-hybridized carbons (Fsp3) is 0.688. The van der Waals surface area contributed by atoms with Gasteiger partial charge in [0.25, 0.3) is 0 Å². The minimum Gasteiger partial charge on any atom is -0.481 e. The molecule has 6 nitrogen and oxygen atoms in total. The molecule has 128 valence electrons. The Morgan fingerprint density at radius 3 is 2.74 bits per heavy atom. The molecule has 1 aliphatic carbocycles. The van der Waals surface area contributed by atoms with Crippen molar-refractivity contribution in [2.45, 2.75) is 52.2 Å². The van der Waals surface area contributed by atoms with Crippen LogP contribution in [0.3, 0.4) is 0 Å². The molecule has 1 atom stereocenters. The molecule has 1 unspecified atom stereocenters. The van der Waals surface area contributed by atoms with Gasteiger partial charge in [0.1, 0.15) is 11.1 Å². The number of amides is 1. The number of hydrogen-bond acceptors (Lipinski definition) is 5. The van der Waals surface area contributed by atoms with Crippen molar-refractivity contribution in [1.29, 1.82) is 0 Å². The molecule has 1 heterocycles. The molecule has 1 aromatic rings. The van der Waals surface area contributed by atoms with Crippen molar-refractivity contribution in [3.63, 3.8) is 0 Å². The number of aromatic nitrogens is 1. The molecule has 1 aliphatic rings. The van der Waals surface area contributed by atoms with E-state index < -0.39 is 11.4 Å². The van der Waals surface area contributed by atoms with E-state index in [-0.39, 0.29) is 18.4 Å². The van der Waals surface area contributed by atoms with E-state index in [1.54, 1.807) is 11.9 Å². The van der Waals surface area contributed by atoms with Crippen molar-refractivity contribution < 1.29 is 19.4 Å². The number of hydrogen-bond donors (Lipinski definition) is 1. The topological polar surface area (TPSA) is 79.7 Å². The second kappa shape index (κ2) is 7.40. The number of carbonyl (C=O) groups is 2. The maximum atomic E-state index is 12.3. The molecular weight excluding hydrogens is 316 g/mol. The van der Waals surface area contributed by atoms with Crippen LogP contribution in [-0.2, 0) is 20.9 Å². The number of carboxylic acids is 1. The molecule has 1 fully saturated rings. The molecule has 1 N–H and O–H groups in total. The second-order valence-electron chi connectivity index (χ2n) is 6.14. The standard InChI is InChI=1S/C16H24N2O4S/c1-4-22-11(2)14-17-12(10-23-14)9-18(3)13(19)8-16(15(20)21)6-5-7-16/h10-11H,4-9H2,1-3H3,(H,20,21). The van der Waals surface area contributed by atoms with Crippen LogP contribution in [0.15, 0.2) is 5.38 Å². The van der Waals surface area contributed by atoms with E-state index in [2.05, 4.69) is 4.98 Å². The zero-order valence-electron chi connectivity index (χ0n) is 13.9. The van der Waals surface area contributed by atoms with Crippen LogP contribution in [0.2, 0.25) is 0 Å². The van der Waals surface area contributed by atoms with Crippen molar-refractivity contribution in [3.8, 4) is 0 Å². The first-order valence-electron chi connectivity index (χ1n) is 7.91. The summed E-state index contributed by atoms with van der Waals surface area (Å²) in [5.74, 6) is -0.994. The van der Waals surface area contributed by atoms with Crippen LogP contribution in [0.5, 0.6) is 0 Å². The molecule has 0 bridgehead atoms. The summed E-state index contributed by atoms with van der Waals surface area (Å²) in [6.07, 6.45) is 2.09. The third-order valence-electron chi connectivity index (χ3n) is 4.41. The van der Waals surface area contributed by atoms with Gasteiger partial charge in [-0.2, -0.15) is 0 Å². The molecule has 1 saturated carbocycles. The van der Waals surface area contributed by atoms with Crippen molar-refractivity contribution >= 4 is 23.2 Å². The Hall–Kier alpha value is -1.47. The molecule has 0 saturated heterocycles. The van der Waals surface area contributed by atoms with Crippen molar-refractivity contribution in [2.75, 3.05) is 13.7 Å². The lowest BCUT2D eigenvalue weighted by molar-refractivity contribution is -0.159. The van der Waals surface area contributed by atoms with E-state index in [9.17, 15) is 14.7 Å². The highest BCUT2D eigenvalue weighted by molar-refractivity contribution is 7.09. The fourth-order valence-electron chi connectivity index (χ4n) is 2.73. The maximum Gasteiger partial charge on any atom is 0.310 e. The molecule has 0 aromatic carbocycles.